The molecule has 1 aromatic heterocycles. The van der Waals surface area contributed by atoms with Gasteiger partial charge in [-0.05, 0) is 54.2 Å². The van der Waals surface area contributed by atoms with Crippen LogP contribution in [0.15, 0.2) is 48.5 Å². The van der Waals surface area contributed by atoms with Crippen LogP contribution in [0, 0.1) is 5.92 Å². The van der Waals surface area contributed by atoms with E-state index < -0.39 is 21.6 Å². The third kappa shape index (κ3) is 4.37. The van der Waals surface area contributed by atoms with Crippen LogP contribution in [0.1, 0.15) is 24.2 Å². The van der Waals surface area contributed by atoms with Crippen LogP contribution >= 0.6 is 0 Å². The SMILES string of the molecule is O=S1(=O)CCC(/C=C/c2nc3ccc(-c4ccccc4C(F)(F)F)cc3[nH]2)CC1. The molecular formula is C21H19F3N2O2S. The molecule has 0 aliphatic carbocycles. The first-order valence-electron chi connectivity index (χ1n) is 9.26. The fourth-order valence-corrected chi connectivity index (χ4v) is 5.11. The minimum Gasteiger partial charge on any atom is -0.338 e. The van der Waals surface area contributed by atoms with Gasteiger partial charge in [0.2, 0.25) is 0 Å². The lowest BCUT2D eigenvalue weighted by Gasteiger charge is -2.18. The Hall–Kier alpha value is -2.61. The summed E-state index contributed by atoms with van der Waals surface area (Å²) in [7, 11) is -2.90. The summed E-state index contributed by atoms with van der Waals surface area (Å²) in [6.07, 6.45) is 0.522. The normalized spacial score (nSPS) is 17.9. The smallest absolute Gasteiger partial charge is 0.338 e. The number of hydrogen-bond acceptors (Lipinski definition) is 3. The van der Waals surface area contributed by atoms with E-state index >= 15 is 0 Å². The predicted octanol–water partition coefficient (Wildman–Crippen LogP) is 5.09. The molecule has 152 valence electrons. The lowest BCUT2D eigenvalue weighted by molar-refractivity contribution is -0.137. The van der Waals surface area contributed by atoms with Gasteiger partial charge < -0.3 is 4.98 Å². The zero-order chi connectivity index (χ0) is 20.6. The Bertz CT molecular complexity index is 1170. The van der Waals surface area contributed by atoms with Gasteiger partial charge in [-0.15, -0.1) is 0 Å². The molecule has 1 saturated heterocycles. The molecule has 2 aromatic carbocycles. The van der Waals surface area contributed by atoms with E-state index in [4.69, 9.17) is 0 Å². The molecule has 4 rings (SSSR count). The number of nitrogens with one attached hydrogen (secondary N) is 1. The number of halogens is 3. The number of nitrogens with zero attached hydrogens (tertiary/aromatic N) is 1. The van der Waals surface area contributed by atoms with Crippen LogP contribution in [0.2, 0.25) is 0 Å². The van der Waals surface area contributed by atoms with Crippen molar-refractivity contribution < 1.29 is 21.6 Å². The molecule has 0 amide bonds. The van der Waals surface area contributed by atoms with Crippen LogP contribution in [0.25, 0.3) is 28.2 Å². The first-order valence-corrected chi connectivity index (χ1v) is 11.1. The molecule has 0 spiro atoms. The quantitative estimate of drug-likeness (QED) is 0.642. The van der Waals surface area contributed by atoms with E-state index in [9.17, 15) is 21.6 Å². The summed E-state index contributed by atoms with van der Waals surface area (Å²) >= 11 is 0. The molecule has 3 aromatic rings. The molecule has 0 radical (unpaired) electrons. The number of aromatic amines is 1. The van der Waals surface area contributed by atoms with E-state index in [2.05, 4.69) is 9.97 Å². The summed E-state index contributed by atoms with van der Waals surface area (Å²) in [5.41, 5.74) is 1.21. The zero-order valence-corrected chi connectivity index (χ0v) is 16.2. The summed E-state index contributed by atoms with van der Waals surface area (Å²) in [4.78, 5) is 7.57. The largest absolute Gasteiger partial charge is 0.417 e. The minimum atomic E-state index is -4.43. The second kappa shape index (κ2) is 7.33. The van der Waals surface area contributed by atoms with Crippen molar-refractivity contribution >= 4 is 26.9 Å². The maximum absolute atomic E-state index is 13.3. The van der Waals surface area contributed by atoms with Crippen molar-refractivity contribution in [1.82, 2.24) is 9.97 Å². The Morgan fingerprint density at radius 3 is 2.52 bits per heavy atom. The van der Waals surface area contributed by atoms with E-state index in [0.717, 1.165) is 6.07 Å². The van der Waals surface area contributed by atoms with Gasteiger partial charge in [0.15, 0.2) is 0 Å². The average molecular weight is 420 g/mol. The fourth-order valence-electron chi connectivity index (χ4n) is 3.59. The number of rotatable bonds is 3. The van der Waals surface area contributed by atoms with Gasteiger partial charge in [0.25, 0.3) is 0 Å². The van der Waals surface area contributed by atoms with Crippen molar-refractivity contribution in [2.45, 2.75) is 19.0 Å². The molecule has 1 aliphatic heterocycles. The number of benzene rings is 2. The molecule has 0 unspecified atom stereocenters. The molecule has 2 heterocycles. The van der Waals surface area contributed by atoms with Crippen LogP contribution in [-0.4, -0.2) is 29.9 Å². The average Bonchev–Trinajstić information content (AvgIpc) is 3.08. The van der Waals surface area contributed by atoms with Crippen molar-refractivity contribution in [3.63, 3.8) is 0 Å². The molecule has 8 heteroatoms. The lowest BCUT2D eigenvalue weighted by Crippen LogP contribution is -2.22. The van der Waals surface area contributed by atoms with Gasteiger partial charge in [-0.25, -0.2) is 13.4 Å². The summed E-state index contributed by atoms with van der Waals surface area (Å²) in [6, 6.07) is 10.5. The van der Waals surface area contributed by atoms with E-state index in [1.54, 1.807) is 24.3 Å². The summed E-state index contributed by atoms with van der Waals surface area (Å²) in [6.45, 7) is 0. The van der Waals surface area contributed by atoms with Crippen molar-refractivity contribution in [2.75, 3.05) is 11.5 Å². The van der Waals surface area contributed by atoms with E-state index in [1.807, 2.05) is 12.2 Å². The summed E-state index contributed by atoms with van der Waals surface area (Å²) < 4.78 is 63.0. The molecule has 1 N–H and O–H groups in total. The highest BCUT2D eigenvalue weighted by Gasteiger charge is 2.33. The Labute approximate surface area is 166 Å². The number of sulfone groups is 1. The highest BCUT2D eigenvalue weighted by atomic mass is 32.2. The van der Waals surface area contributed by atoms with Gasteiger partial charge >= 0.3 is 6.18 Å². The zero-order valence-electron chi connectivity index (χ0n) is 15.4. The number of allylic oxidation sites excluding steroid dienone is 1. The Balaban J connectivity index is 1.60. The number of imidazole rings is 1. The molecule has 29 heavy (non-hydrogen) atoms. The summed E-state index contributed by atoms with van der Waals surface area (Å²) in [5, 5.41) is 0. The van der Waals surface area contributed by atoms with Gasteiger partial charge in [0.05, 0.1) is 28.1 Å². The van der Waals surface area contributed by atoms with Gasteiger partial charge in [-0.3, -0.25) is 0 Å². The van der Waals surface area contributed by atoms with Crippen LogP contribution < -0.4 is 0 Å². The van der Waals surface area contributed by atoms with Gasteiger partial charge in [0, 0.05) is 0 Å². The van der Waals surface area contributed by atoms with E-state index in [1.165, 1.54) is 12.1 Å². The minimum absolute atomic E-state index is 0.122. The molecule has 1 aliphatic rings. The Kier molecular flexibility index (Phi) is 4.98. The van der Waals surface area contributed by atoms with Crippen LogP contribution in [-0.2, 0) is 16.0 Å². The lowest BCUT2D eigenvalue weighted by atomic mass is 9.99. The van der Waals surface area contributed by atoms with Crippen LogP contribution in [0.3, 0.4) is 0 Å². The standard InChI is InChI=1S/C21H19F3N2O2S/c22-21(23,24)17-4-2-1-3-16(17)15-6-7-18-19(13-15)26-20(25-18)8-5-14-9-11-29(27,28)12-10-14/h1-8,13-14H,9-12H2,(H,25,26)/b8-5+. The molecule has 4 nitrogen and oxygen atoms in total. The number of H-pyrrole nitrogens is 1. The number of fused-ring (bicyclic) bond motifs is 1. The monoisotopic (exact) mass is 420 g/mol. The molecule has 0 saturated carbocycles. The fraction of sp³-hybridized carbons (Fsp3) is 0.286. The van der Waals surface area contributed by atoms with Crippen molar-refractivity contribution in [2.24, 2.45) is 5.92 Å². The Morgan fingerprint density at radius 2 is 1.79 bits per heavy atom. The first-order chi connectivity index (χ1) is 13.7. The van der Waals surface area contributed by atoms with Gasteiger partial charge in [0.1, 0.15) is 15.7 Å². The Morgan fingerprint density at radius 1 is 1.07 bits per heavy atom. The molecule has 0 atom stereocenters. The summed E-state index contributed by atoms with van der Waals surface area (Å²) in [5.74, 6) is 1.17. The number of hydrogen-bond donors (Lipinski definition) is 1. The van der Waals surface area contributed by atoms with Crippen LogP contribution in [0.4, 0.5) is 13.2 Å². The number of aromatic nitrogens is 2. The first kappa shape index (κ1) is 19.7. The predicted molar refractivity (Wildman–Crippen MR) is 107 cm³/mol. The van der Waals surface area contributed by atoms with Crippen molar-refractivity contribution in [3.8, 4) is 11.1 Å². The third-order valence-corrected chi connectivity index (χ3v) is 6.88. The number of alkyl halides is 3. The van der Waals surface area contributed by atoms with Gasteiger partial charge in [-0.1, -0.05) is 30.3 Å². The maximum atomic E-state index is 13.3. The molecular weight excluding hydrogens is 401 g/mol. The second-order valence-electron chi connectivity index (χ2n) is 7.25. The molecule has 1 fully saturated rings. The maximum Gasteiger partial charge on any atom is 0.417 e. The highest BCUT2D eigenvalue weighted by molar-refractivity contribution is 7.91. The highest BCUT2D eigenvalue weighted by Crippen LogP contribution is 2.37. The third-order valence-electron chi connectivity index (χ3n) is 5.17. The topological polar surface area (TPSA) is 62.8 Å². The second-order valence-corrected chi connectivity index (χ2v) is 9.55. The molecule has 0 bridgehead atoms. The van der Waals surface area contributed by atoms with E-state index in [-0.39, 0.29) is 23.0 Å². The van der Waals surface area contributed by atoms with Crippen LogP contribution in [0.5, 0.6) is 0 Å². The van der Waals surface area contributed by atoms with E-state index in [0.29, 0.717) is 35.3 Å². The van der Waals surface area contributed by atoms with Crippen molar-refractivity contribution in [1.29, 1.82) is 0 Å². The van der Waals surface area contributed by atoms with Gasteiger partial charge in [-0.2, -0.15) is 13.2 Å². The van der Waals surface area contributed by atoms with Crippen molar-refractivity contribution in [3.05, 3.63) is 59.9 Å².